The number of hydrogen-bond acceptors (Lipinski definition) is 5. The minimum Gasteiger partial charge on any atom is -0.494 e. The Morgan fingerprint density at radius 2 is 1.79 bits per heavy atom. The second-order valence-corrected chi connectivity index (χ2v) is 5.98. The lowest BCUT2D eigenvalue weighted by Gasteiger charge is -2.07. The predicted octanol–water partition coefficient (Wildman–Crippen LogP) is 4.32. The van der Waals surface area contributed by atoms with Crippen LogP contribution in [-0.4, -0.2) is 18.0 Å². The second kappa shape index (κ2) is 7.75. The fourth-order valence-electron chi connectivity index (χ4n) is 2.78. The first-order chi connectivity index (χ1) is 13.7. The molecule has 2 aromatic carbocycles. The van der Waals surface area contributed by atoms with Crippen molar-refractivity contribution in [1.29, 1.82) is 0 Å². The number of ether oxygens (including phenoxy) is 1. The lowest BCUT2D eigenvalue weighted by molar-refractivity contribution is 0.102. The van der Waals surface area contributed by atoms with Crippen LogP contribution in [0.25, 0.3) is 11.0 Å². The first-order valence-electron chi connectivity index (χ1n) is 8.66. The molecule has 28 heavy (non-hydrogen) atoms. The number of fused-ring (bicyclic) bond motifs is 1. The summed E-state index contributed by atoms with van der Waals surface area (Å²) in [5.74, 6) is 0.265. The molecule has 0 saturated carbocycles. The molecule has 0 aliphatic carbocycles. The van der Waals surface area contributed by atoms with E-state index in [4.69, 9.17) is 9.15 Å². The molecule has 138 valence electrons. The van der Waals surface area contributed by atoms with Crippen LogP contribution in [0.4, 0.5) is 11.4 Å². The summed E-state index contributed by atoms with van der Waals surface area (Å²) < 4.78 is 11.3. The number of rotatable bonds is 4. The van der Waals surface area contributed by atoms with Crippen molar-refractivity contribution >= 4 is 28.3 Å². The first kappa shape index (κ1) is 17.5. The number of benzene rings is 2. The maximum atomic E-state index is 12.9. The van der Waals surface area contributed by atoms with Gasteiger partial charge in [-0.25, -0.2) is 4.99 Å². The highest BCUT2D eigenvalue weighted by atomic mass is 16.5. The SMILES string of the molecule is COc1ccccc1N=c1oc2ccccc2cc1C(=O)Nc1ccncc1. The van der Waals surface area contributed by atoms with Gasteiger partial charge in [0.2, 0.25) is 5.55 Å². The van der Waals surface area contributed by atoms with Crippen LogP contribution in [0, 0.1) is 0 Å². The maximum Gasteiger partial charge on any atom is 0.261 e. The van der Waals surface area contributed by atoms with Gasteiger partial charge in [0.25, 0.3) is 5.91 Å². The number of hydrogen-bond donors (Lipinski definition) is 1. The summed E-state index contributed by atoms with van der Waals surface area (Å²) in [5, 5.41) is 3.65. The maximum absolute atomic E-state index is 12.9. The molecule has 0 aliphatic heterocycles. The van der Waals surface area contributed by atoms with Crippen molar-refractivity contribution in [2.45, 2.75) is 0 Å². The van der Waals surface area contributed by atoms with Crippen LogP contribution in [0.2, 0.25) is 0 Å². The lowest BCUT2D eigenvalue weighted by atomic mass is 10.1. The Labute approximate surface area is 161 Å². The fourth-order valence-corrected chi connectivity index (χ4v) is 2.78. The molecule has 0 radical (unpaired) electrons. The number of anilines is 1. The van der Waals surface area contributed by atoms with Crippen molar-refractivity contribution in [3.05, 3.63) is 90.2 Å². The van der Waals surface area contributed by atoms with Gasteiger partial charge in [-0.1, -0.05) is 30.3 Å². The number of para-hydroxylation sites is 3. The van der Waals surface area contributed by atoms with Gasteiger partial charge in [0.1, 0.15) is 22.6 Å². The summed E-state index contributed by atoms with van der Waals surface area (Å²) in [7, 11) is 1.57. The van der Waals surface area contributed by atoms with Crippen molar-refractivity contribution in [3.63, 3.8) is 0 Å². The summed E-state index contributed by atoms with van der Waals surface area (Å²) in [6, 6.07) is 20.0. The van der Waals surface area contributed by atoms with Crippen molar-refractivity contribution in [2.24, 2.45) is 4.99 Å². The molecular formula is C22H17N3O3. The molecule has 6 heteroatoms. The van der Waals surface area contributed by atoms with Crippen LogP contribution < -0.4 is 15.6 Å². The molecule has 0 spiro atoms. The second-order valence-electron chi connectivity index (χ2n) is 5.98. The highest BCUT2D eigenvalue weighted by Crippen LogP contribution is 2.26. The average Bonchev–Trinajstić information content (AvgIpc) is 2.74. The van der Waals surface area contributed by atoms with Crippen molar-refractivity contribution in [1.82, 2.24) is 4.98 Å². The molecule has 4 rings (SSSR count). The van der Waals surface area contributed by atoms with Gasteiger partial charge in [-0.05, 0) is 36.4 Å². The smallest absolute Gasteiger partial charge is 0.261 e. The van der Waals surface area contributed by atoms with E-state index in [9.17, 15) is 4.79 Å². The summed E-state index contributed by atoms with van der Waals surface area (Å²) in [4.78, 5) is 21.5. The van der Waals surface area contributed by atoms with Crippen LogP contribution >= 0.6 is 0 Å². The summed E-state index contributed by atoms with van der Waals surface area (Å²) in [6.45, 7) is 0. The summed E-state index contributed by atoms with van der Waals surface area (Å²) in [5.41, 5.74) is 2.37. The zero-order valence-corrected chi connectivity index (χ0v) is 15.1. The minimum absolute atomic E-state index is 0.203. The average molecular weight is 371 g/mol. The third-order valence-electron chi connectivity index (χ3n) is 4.15. The third kappa shape index (κ3) is 3.61. The van der Waals surface area contributed by atoms with Crippen LogP contribution in [0.1, 0.15) is 10.4 Å². The molecule has 0 aliphatic rings. The molecule has 0 unspecified atom stereocenters. The molecule has 6 nitrogen and oxygen atoms in total. The molecule has 0 atom stereocenters. The van der Waals surface area contributed by atoms with Gasteiger partial charge in [-0.2, -0.15) is 0 Å². The molecule has 1 N–H and O–H groups in total. The molecular weight excluding hydrogens is 354 g/mol. The fraction of sp³-hybridized carbons (Fsp3) is 0.0455. The van der Waals surface area contributed by atoms with E-state index in [1.807, 2.05) is 36.4 Å². The zero-order chi connectivity index (χ0) is 19.3. The molecule has 0 saturated heterocycles. The van der Waals surface area contributed by atoms with Gasteiger partial charge in [0, 0.05) is 23.5 Å². The molecule has 2 aromatic heterocycles. The van der Waals surface area contributed by atoms with Crippen LogP contribution in [0.5, 0.6) is 5.75 Å². The normalized spacial score (nSPS) is 11.4. The standard InChI is InChI=1S/C22H17N3O3/c1-27-20-9-5-3-7-18(20)25-22-17(14-15-6-2-4-8-19(15)28-22)21(26)24-16-10-12-23-13-11-16/h2-14H,1H3,(H,23,24,26). The predicted molar refractivity (Wildman–Crippen MR) is 107 cm³/mol. The third-order valence-corrected chi connectivity index (χ3v) is 4.15. The number of amides is 1. The Bertz CT molecular complexity index is 1200. The van der Waals surface area contributed by atoms with Crippen LogP contribution in [0.15, 0.2) is 88.5 Å². The van der Waals surface area contributed by atoms with Gasteiger partial charge in [0.15, 0.2) is 0 Å². The molecule has 1 amide bonds. The molecule has 0 bridgehead atoms. The highest BCUT2D eigenvalue weighted by molar-refractivity contribution is 6.05. The number of methoxy groups -OCH3 is 1. The van der Waals surface area contributed by atoms with E-state index < -0.39 is 0 Å². The monoisotopic (exact) mass is 371 g/mol. The van der Waals surface area contributed by atoms with Crippen molar-refractivity contribution in [2.75, 3.05) is 12.4 Å². The van der Waals surface area contributed by atoms with Crippen molar-refractivity contribution in [3.8, 4) is 5.75 Å². The number of nitrogens with one attached hydrogen (secondary N) is 1. The topological polar surface area (TPSA) is 76.7 Å². The lowest BCUT2D eigenvalue weighted by Crippen LogP contribution is -2.21. The van der Waals surface area contributed by atoms with E-state index in [0.717, 1.165) is 5.39 Å². The van der Waals surface area contributed by atoms with E-state index in [1.165, 1.54) is 0 Å². The highest BCUT2D eigenvalue weighted by Gasteiger charge is 2.14. The zero-order valence-electron chi connectivity index (χ0n) is 15.1. The van der Waals surface area contributed by atoms with Gasteiger partial charge in [-0.3, -0.25) is 9.78 Å². The van der Waals surface area contributed by atoms with Gasteiger partial charge in [0.05, 0.1) is 7.11 Å². The van der Waals surface area contributed by atoms with E-state index in [-0.39, 0.29) is 11.5 Å². The number of carbonyl (C=O) groups is 1. The Morgan fingerprint density at radius 1 is 1.04 bits per heavy atom. The van der Waals surface area contributed by atoms with E-state index >= 15 is 0 Å². The Hall–Kier alpha value is -3.93. The van der Waals surface area contributed by atoms with Crippen LogP contribution in [-0.2, 0) is 0 Å². The summed E-state index contributed by atoms with van der Waals surface area (Å²) >= 11 is 0. The van der Waals surface area contributed by atoms with Crippen LogP contribution in [0.3, 0.4) is 0 Å². The largest absolute Gasteiger partial charge is 0.494 e. The molecule has 4 aromatic rings. The first-order valence-corrected chi connectivity index (χ1v) is 8.66. The van der Waals surface area contributed by atoms with Crippen molar-refractivity contribution < 1.29 is 13.9 Å². The van der Waals surface area contributed by atoms with E-state index in [2.05, 4.69) is 15.3 Å². The Kier molecular flexibility index (Phi) is 4.84. The summed E-state index contributed by atoms with van der Waals surface area (Å²) in [6.07, 6.45) is 3.22. The quantitative estimate of drug-likeness (QED) is 0.579. The number of pyridine rings is 1. The number of carbonyl (C=O) groups excluding carboxylic acids is 1. The molecule has 0 fully saturated rings. The molecule has 2 heterocycles. The Balaban J connectivity index is 1.87. The number of aromatic nitrogens is 1. The van der Waals surface area contributed by atoms with Gasteiger partial charge in [-0.15, -0.1) is 0 Å². The van der Waals surface area contributed by atoms with Gasteiger partial charge < -0.3 is 14.5 Å². The number of nitrogens with zero attached hydrogens (tertiary/aromatic N) is 2. The van der Waals surface area contributed by atoms with Gasteiger partial charge >= 0.3 is 0 Å². The minimum atomic E-state index is -0.325. The Morgan fingerprint density at radius 3 is 2.61 bits per heavy atom. The van der Waals surface area contributed by atoms with E-state index in [1.54, 1.807) is 49.8 Å². The van der Waals surface area contributed by atoms with E-state index in [0.29, 0.717) is 28.3 Å².